The molecule has 7 heteroatoms. The number of fused-ring (bicyclic) bond motifs is 2. The molecule has 0 aliphatic heterocycles. The maximum atomic E-state index is 9.34. The fourth-order valence-electron chi connectivity index (χ4n) is 4.56. The van der Waals surface area contributed by atoms with E-state index >= 15 is 0 Å². The van der Waals surface area contributed by atoms with Gasteiger partial charge in [0.15, 0.2) is 5.65 Å². The Morgan fingerprint density at radius 2 is 2.13 bits per heavy atom. The number of methoxy groups -OCH3 is 1. The standard InChI is InChI=1S/C24H31N5O2/c1-5-7-13-28(6-2)24-19-9-8-10-20(19)26-23-22(21(15-25-30)27-29(23)24)18-12-11-17(31-4)14-16(18)3/h11-12,14-15,30H,5-10,13H2,1-4H3/b25-15-. The molecule has 0 bridgehead atoms. The van der Waals surface area contributed by atoms with Crippen LogP contribution in [0.5, 0.6) is 5.75 Å². The molecule has 1 N–H and O–H groups in total. The number of nitrogens with zero attached hydrogens (tertiary/aromatic N) is 5. The van der Waals surface area contributed by atoms with E-state index in [0.717, 1.165) is 84.8 Å². The number of oxime groups is 1. The van der Waals surface area contributed by atoms with E-state index in [1.807, 2.05) is 22.7 Å². The second kappa shape index (κ2) is 8.96. The second-order valence-electron chi connectivity index (χ2n) is 8.07. The first-order chi connectivity index (χ1) is 15.1. The average molecular weight is 422 g/mol. The minimum Gasteiger partial charge on any atom is -0.497 e. The van der Waals surface area contributed by atoms with E-state index in [0.29, 0.717) is 5.69 Å². The number of hydrogen-bond donors (Lipinski definition) is 1. The van der Waals surface area contributed by atoms with Crippen molar-refractivity contribution >= 4 is 17.7 Å². The van der Waals surface area contributed by atoms with Gasteiger partial charge in [0, 0.05) is 24.3 Å². The molecule has 0 saturated carbocycles. The van der Waals surface area contributed by atoms with Gasteiger partial charge in [0.05, 0.1) is 18.9 Å². The summed E-state index contributed by atoms with van der Waals surface area (Å²) in [4.78, 5) is 7.49. The third-order valence-corrected chi connectivity index (χ3v) is 6.13. The van der Waals surface area contributed by atoms with Crippen molar-refractivity contribution in [2.45, 2.75) is 52.9 Å². The lowest BCUT2D eigenvalue weighted by Gasteiger charge is -2.26. The summed E-state index contributed by atoms with van der Waals surface area (Å²) in [7, 11) is 1.67. The molecule has 4 rings (SSSR count). The lowest BCUT2D eigenvalue weighted by atomic mass is 10.00. The Kier molecular flexibility index (Phi) is 6.11. The van der Waals surface area contributed by atoms with Gasteiger partial charge in [-0.05, 0) is 62.8 Å². The van der Waals surface area contributed by atoms with Gasteiger partial charge in [-0.2, -0.15) is 9.61 Å². The van der Waals surface area contributed by atoms with Gasteiger partial charge in [0.2, 0.25) is 0 Å². The van der Waals surface area contributed by atoms with Gasteiger partial charge < -0.3 is 14.8 Å². The number of anilines is 1. The molecule has 2 aromatic heterocycles. The summed E-state index contributed by atoms with van der Waals surface area (Å²) >= 11 is 0. The number of hydrogen-bond acceptors (Lipinski definition) is 6. The minimum absolute atomic E-state index is 0.611. The SMILES string of the molecule is CCCCN(CC)c1c2c(nc3c(-c4ccc(OC)cc4C)c(/C=N\O)nn13)CCC2. The lowest BCUT2D eigenvalue weighted by Crippen LogP contribution is -2.28. The van der Waals surface area contributed by atoms with Gasteiger partial charge in [-0.15, -0.1) is 0 Å². The highest BCUT2D eigenvalue weighted by molar-refractivity contribution is 5.96. The molecule has 0 amide bonds. The molecule has 0 saturated heterocycles. The van der Waals surface area contributed by atoms with Crippen molar-refractivity contribution in [3.63, 3.8) is 0 Å². The predicted molar refractivity (Wildman–Crippen MR) is 124 cm³/mol. The molecule has 0 radical (unpaired) electrons. The Balaban J connectivity index is 2.02. The Labute approximate surface area is 183 Å². The summed E-state index contributed by atoms with van der Waals surface area (Å²) in [6, 6.07) is 5.98. The van der Waals surface area contributed by atoms with Crippen LogP contribution in [0.25, 0.3) is 16.8 Å². The Bertz CT molecular complexity index is 1120. The first-order valence-electron chi connectivity index (χ1n) is 11.1. The zero-order chi connectivity index (χ0) is 22.0. The molecule has 2 heterocycles. The molecule has 1 aromatic carbocycles. The van der Waals surface area contributed by atoms with Crippen molar-refractivity contribution in [1.82, 2.24) is 14.6 Å². The van der Waals surface area contributed by atoms with Gasteiger partial charge in [0.25, 0.3) is 0 Å². The second-order valence-corrected chi connectivity index (χ2v) is 8.07. The molecule has 0 spiro atoms. The van der Waals surface area contributed by atoms with Crippen LogP contribution < -0.4 is 9.64 Å². The van der Waals surface area contributed by atoms with Crippen LogP contribution in [-0.2, 0) is 12.8 Å². The molecule has 3 aromatic rings. The highest BCUT2D eigenvalue weighted by Crippen LogP contribution is 2.37. The van der Waals surface area contributed by atoms with E-state index in [1.54, 1.807) is 7.11 Å². The van der Waals surface area contributed by atoms with E-state index in [1.165, 1.54) is 11.8 Å². The first kappa shape index (κ1) is 21.2. The van der Waals surface area contributed by atoms with Crippen molar-refractivity contribution in [2.24, 2.45) is 5.16 Å². The van der Waals surface area contributed by atoms with Crippen LogP contribution in [0.15, 0.2) is 23.4 Å². The van der Waals surface area contributed by atoms with Crippen molar-refractivity contribution in [3.8, 4) is 16.9 Å². The third-order valence-electron chi connectivity index (χ3n) is 6.13. The summed E-state index contributed by atoms with van der Waals surface area (Å²) < 4.78 is 7.36. The number of rotatable bonds is 8. The van der Waals surface area contributed by atoms with Gasteiger partial charge in [-0.1, -0.05) is 24.6 Å². The van der Waals surface area contributed by atoms with Crippen molar-refractivity contribution in [1.29, 1.82) is 0 Å². The number of aromatic nitrogens is 3. The van der Waals surface area contributed by atoms with E-state index < -0.39 is 0 Å². The Hall–Kier alpha value is -3.09. The number of unbranched alkanes of at least 4 members (excludes halogenated alkanes) is 1. The monoisotopic (exact) mass is 421 g/mol. The smallest absolute Gasteiger partial charge is 0.166 e. The van der Waals surface area contributed by atoms with Crippen LogP contribution in [0.4, 0.5) is 5.82 Å². The molecule has 0 unspecified atom stereocenters. The first-order valence-corrected chi connectivity index (χ1v) is 11.1. The topological polar surface area (TPSA) is 75.2 Å². The quantitative estimate of drug-likeness (QED) is 0.326. The van der Waals surface area contributed by atoms with Gasteiger partial charge in [-0.25, -0.2) is 4.98 Å². The highest BCUT2D eigenvalue weighted by Gasteiger charge is 2.27. The van der Waals surface area contributed by atoms with Gasteiger partial charge in [-0.3, -0.25) is 0 Å². The highest BCUT2D eigenvalue weighted by atomic mass is 16.5. The molecule has 1 aliphatic carbocycles. The van der Waals surface area contributed by atoms with Crippen LogP contribution >= 0.6 is 0 Å². The molecule has 1 aliphatic rings. The third kappa shape index (κ3) is 3.73. The summed E-state index contributed by atoms with van der Waals surface area (Å²) in [5, 5.41) is 17.5. The maximum absolute atomic E-state index is 9.34. The summed E-state index contributed by atoms with van der Waals surface area (Å²) in [5.74, 6) is 1.94. The summed E-state index contributed by atoms with van der Waals surface area (Å²) in [6.45, 7) is 8.35. The fourth-order valence-corrected chi connectivity index (χ4v) is 4.56. The zero-order valence-corrected chi connectivity index (χ0v) is 18.9. The number of aryl methyl sites for hydroxylation is 2. The van der Waals surface area contributed by atoms with E-state index in [-0.39, 0.29) is 0 Å². The van der Waals surface area contributed by atoms with Crippen molar-refractivity contribution < 1.29 is 9.94 Å². The number of ether oxygens (including phenoxy) is 1. The van der Waals surface area contributed by atoms with Crippen LogP contribution in [-0.4, -0.2) is 46.2 Å². The summed E-state index contributed by atoms with van der Waals surface area (Å²) in [5.41, 5.74) is 6.85. The molecule has 164 valence electrons. The molecule has 7 nitrogen and oxygen atoms in total. The molecule has 31 heavy (non-hydrogen) atoms. The molecule has 0 atom stereocenters. The fraction of sp³-hybridized carbons (Fsp3) is 0.458. The molecular formula is C24H31N5O2. The molecular weight excluding hydrogens is 390 g/mol. The molecule has 0 fully saturated rings. The van der Waals surface area contributed by atoms with E-state index in [9.17, 15) is 5.21 Å². The maximum Gasteiger partial charge on any atom is 0.166 e. The largest absolute Gasteiger partial charge is 0.497 e. The van der Waals surface area contributed by atoms with Crippen LogP contribution in [0.1, 0.15) is 55.6 Å². The Morgan fingerprint density at radius 3 is 2.81 bits per heavy atom. The summed E-state index contributed by atoms with van der Waals surface area (Å²) in [6.07, 6.45) is 6.81. The zero-order valence-electron chi connectivity index (χ0n) is 18.9. The van der Waals surface area contributed by atoms with E-state index in [4.69, 9.17) is 14.8 Å². The lowest BCUT2D eigenvalue weighted by molar-refractivity contribution is 0.321. The van der Waals surface area contributed by atoms with Crippen LogP contribution in [0.2, 0.25) is 0 Å². The average Bonchev–Trinajstić information content (AvgIpc) is 3.38. The van der Waals surface area contributed by atoms with Crippen molar-refractivity contribution in [3.05, 3.63) is 40.7 Å². The normalized spacial score (nSPS) is 13.3. The van der Waals surface area contributed by atoms with Gasteiger partial charge in [0.1, 0.15) is 17.3 Å². The van der Waals surface area contributed by atoms with Crippen LogP contribution in [0.3, 0.4) is 0 Å². The van der Waals surface area contributed by atoms with Crippen molar-refractivity contribution in [2.75, 3.05) is 25.1 Å². The van der Waals surface area contributed by atoms with Crippen LogP contribution in [0, 0.1) is 6.92 Å². The predicted octanol–water partition coefficient (Wildman–Crippen LogP) is 4.64. The Morgan fingerprint density at radius 1 is 1.29 bits per heavy atom. The van der Waals surface area contributed by atoms with E-state index in [2.05, 4.69) is 30.8 Å². The number of benzene rings is 1. The minimum atomic E-state index is 0.611. The van der Waals surface area contributed by atoms with Gasteiger partial charge >= 0.3 is 0 Å².